The lowest BCUT2D eigenvalue weighted by Crippen LogP contribution is -2.67. The number of piperidine rings is 1. The molecule has 0 aromatic heterocycles. The minimum Gasteiger partial charge on any atom is -0.486 e. The average molecular weight is 325 g/mol. The molecule has 128 valence electrons. The Labute approximate surface area is 144 Å². The van der Waals surface area contributed by atoms with Crippen LogP contribution in [0.4, 0.5) is 0 Å². The lowest BCUT2D eigenvalue weighted by molar-refractivity contribution is -0.104. The van der Waals surface area contributed by atoms with E-state index in [9.17, 15) is 5.11 Å². The number of aliphatic hydroxyl groups excluding tert-OH is 1. The number of aryl methyl sites for hydroxylation is 1. The Morgan fingerprint density at radius 1 is 1.25 bits per heavy atom. The number of aliphatic hydroxyl groups is 1. The Hall–Kier alpha value is -1.06. The van der Waals surface area contributed by atoms with Crippen molar-refractivity contribution in [3.05, 3.63) is 28.8 Å². The first kappa shape index (κ1) is 14.1. The maximum absolute atomic E-state index is 10.8. The van der Waals surface area contributed by atoms with Gasteiger partial charge in [0.25, 0.3) is 0 Å². The second kappa shape index (κ2) is 4.56. The van der Waals surface area contributed by atoms with Gasteiger partial charge in [0.1, 0.15) is 11.9 Å². The molecule has 6 rings (SSSR count). The molecular formula is C21H27NO2. The molecule has 3 heteroatoms. The maximum Gasteiger partial charge on any atom is 0.135 e. The summed E-state index contributed by atoms with van der Waals surface area (Å²) in [7, 11) is 0. The fourth-order valence-electron chi connectivity index (χ4n) is 6.60. The molecule has 2 aliphatic heterocycles. The number of hydrogen-bond acceptors (Lipinski definition) is 3. The molecule has 2 bridgehead atoms. The van der Waals surface area contributed by atoms with Crippen LogP contribution in [-0.4, -0.2) is 41.3 Å². The van der Waals surface area contributed by atoms with Crippen LogP contribution in [0.25, 0.3) is 0 Å². The first-order chi connectivity index (χ1) is 11.7. The predicted octanol–water partition coefficient (Wildman–Crippen LogP) is 2.81. The van der Waals surface area contributed by atoms with Gasteiger partial charge in [-0.05, 0) is 75.0 Å². The Balaban J connectivity index is 1.52. The Morgan fingerprint density at radius 2 is 2.12 bits per heavy atom. The third kappa shape index (κ3) is 1.61. The SMILES string of the molecule is Cc1ccc2c3c1O[C@@H]1[C@H](O)CC[C@@H]4[C@H](C2)N(CC2CC2)CC[C@]341. The molecule has 2 heterocycles. The van der Waals surface area contributed by atoms with Crippen LogP contribution in [0, 0.1) is 18.8 Å². The average Bonchev–Trinajstić information content (AvgIpc) is 3.32. The van der Waals surface area contributed by atoms with E-state index in [0.29, 0.717) is 12.0 Å². The van der Waals surface area contributed by atoms with Crippen molar-refractivity contribution in [2.24, 2.45) is 11.8 Å². The summed E-state index contributed by atoms with van der Waals surface area (Å²) in [6.07, 6.45) is 7.01. The van der Waals surface area contributed by atoms with Crippen LogP contribution in [0.1, 0.15) is 48.8 Å². The summed E-state index contributed by atoms with van der Waals surface area (Å²) in [6, 6.07) is 5.25. The zero-order chi connectivity index (χ0) is 16.1. The zero-order valence-corrected chi connectivity index (χ0v) is 14.5. The minimum atomic E-state index is -0.297. The van der Waals surface area contributed by atoms with Gasteiger partial charge >= 0.3 is 0 Å². The summed E-state index contributed by atoms with van der Waals surface area (Å²) >= 11 is 0. The molecule has 2 saturated carbocycles. The van der Waals surface area contributed by atoms with Crippen molar-refractivity contribution in [3.8, 4) is 5.75 Å². The number of hydrogen-bond donors (Lipinski definition) is 1. The normalized spacial score (nSPS) is 42.6. The summed E-state index contributed by atoms with van der Waals surface area (Å²) < 4.78 is 6.48. The molecule has 1 aromatic rings. The lowest BCUT2D eigenvalue weighted by Gasteiger charge is -2.59. The van der Waals surface area contributed by atoms with Gasteiger partial charge in [-0.15, -0.1) is 0 Å². The molecule has 1 aromatic carbocycles. The van der Waals surface area contributed by atoms with Crippen LogP contribution >= 0.6 is 0 Å². The summed E-state index contributed by atoms with van der Waals surface area (Å²) in [5, 5.41) is 10.8. The van der Waals surface area contributed by atoms with Crippen LogP contribution in [0.5, 0.6) is 5.75 Å². The predicted molar refractivity (Wildman–Crippen MR) is 92.4 cm³/mol. The second-order valence-corrected chi connectivity index (χ2v) is 9.04. The Kier molecular flexibility index (Phi) is 2.69. The molecule has 0 radical (unpaired) electrons. The lowest BCUT2D eigenvalue weighted by atomic mass is 9.51. The van der Waals surface area contributed by atoms with Gasteiger partial charge in [0.2, 0.25) is 0 Å². The van der Waals surface area contributed by atoms with Crippen molar-refractivity contribution in [2.45, 2.75) is 69.1 Å². The highest BCUT2D eigenvalue weighted by Gasteiger charge is 2.65. The monoisotopic (exact) mass is 325 g/mol. The van der Waals surface area contributed by atoms with E-state index in [2.05, 4.69) is 24.0 Å². The largest absolute Gasteiger partial charge is 0.486 e. The third-order valence-corrected chi connectivity index (χ3v) is 7.81. The molecule has 3 aliphatic carbocycles. The van der Waals surface area contributed by atoms with Crippen molar-refractivity contribution < 1.29 is 9.84 Å². The van der Waals surface area contributed by atoms with E-state index in [-0.39, 0.29) is 17.6 Å². The summed E-state index contributed by atoms with van der Waals surface area (Å²) in [5.74, 6) is 2.75. The first-order valence-electron chi connectivity index (χ1n) is 9.90. The molecule has 5 aliphatic rings. The van der Waals surface area contributed by atoms with Crippen molar-refractivity contribution in [1.29, 1.82) is 0 Å². The van der Waals surface area contributed by atoms with E-state index >= 15 is 0 Å². The number of nitrogens with zero attached hydrogens (tertiary/aromatic N) is 1. The number of likely N-dealkylation sites (tertiary alicyclic amines) is 1. The molecule has 1 N–H and O–H groups in total. The van der Waals surface area contributed by atoms with Crippen LogP contribution in [0.3, 0.4) is 0 Å². The van der Waals surface area contributed by atoms with Gasteiger partial charge < -0.3 is 9.84 Å². The van der Waals surface area contributed by atoms with Crippen LogP contribution < -0.4 is 4.74 Å². The van der Waals surface area contributed by atoms with Crippen LogP contribution in [-0.2, 0) is 11.8 Å². The minimum absolute atomic E-state index is 0.00280. The van der Waals surface area contributed by atoms with E-state index in [1.54, 1.807) is 0 Å². The smallest absolute Gasteiger partial charge is 0.135 e. The van der Waals surface area contributed by atoms with E-state index in [1.807, 2.05) is 0 Å². The highest BCUT2D eigenvalue weighted by atomic mass is 16.5. The van der Waals surface area contributed by atoms with Gasteiger partial charge in [-0.2, -0.15) is 0 Å². The number of benzene rings is 1. The zero-order valence-electron chi connectivity index (χ0n) is 14.5. The van der Waals surface area contributed by atoms with Crippen molar-refractivity contribution >= 4 is 0 Å². The number of ether oxygens (including phenoxy) is 1. The van der Waals surface area contributed by atoms with E-state index in [0.717, 1.165) is 18.1 Å². The van der Waals surface area contributed by atoms with Crippen molar-refractivity contribution in [2.75, 3.05) is 13.1 Å². The fourth-order valence-corrected chi connectivity index (χ4v) is 6.60. The Bertz CT molecular complexity index is 712. The molecule has 1 saturated heterocycles. The molecule has 1 spiro atoms. The Morgan fingerprint density at radius 3 is 2.96 bits per heavy atom. The summed E-state index contributed by atoms with van der Waals surface area (Å²) in [5.41, 5.74) is 4.35. The second-order valence-electron chi connectivity index (χ2n) is 9.04. The third-order valence-electron chi connectivity index (χ3n) is 7.81. The fraction of sp³-hybridized carbons (Fsp3) is 0.714. The van der Waals surface area contributed by atoms with Gasteiger partial charge in [0, 0.05) is 23.6 Å². The number of rotatable bonds is 2. The highest BCUT2D eigenvalue weighted by Crippen LogP contribution is 2.62. The van der Waals surface area contributed by atoms with Gasteiger partial charge in [0.15, 0.2) is 0 Å². The molecule has 0 unspecified atom stereocenters. The quantitative estimate of drug-likeness (QED) is 0.907. The first-order valence-corrected chi connectivity index (χ1v) is 9.90. The van der Waals surface area contributed by atoms with E-state index < -0.39 is 0 Å². The standard InChI is InChI=1S/C21H27NO2/c1-12-2-5-14-10-16-15-6-7-17(23)20-21(15,18(14)19(12)24-20)8-9-22(16)11-13-3-4-13/h2,5,13,15-17,20,23H,3-4,6-11H2,1H3/t15-,16+,17-,20-,21-/m1/s1. The maximum atomic E-state index is 10.8. The molecule has 24 heavy (non-hydrogen) atoms. The van der Waals surface area contributed by atoms with Crippen molar-refractivity contribution in [1.82, 2.24) is 4.90 Å². The van der Waals surface area contributed by atoms with E-state index in [4.69, 9.17) is 4.74 Å². The van der Waals surface area contributed by atoms with Crippen LogP contribution in [0.15, 0.2) is 12.1 Å². The molecule has 3 fully saturated rings. The van der Waals surface area contributed by atoms with Gasteiger partial charge in [-0.1, -0.05) is 12.1 Å². The molecular weight excluding hydrogens is 298 g/mol. The summed E-state index contributed by atoms with van der Waals surface area (Å²) in [4.78, 5) is 2.81. The molecule has 5 atom stereocenters. The topological polar surface area (TPSA) is 32.7 Å². The van der Waals surface area contributed by atoms with Gasteiger partial charge in [-0.3, -0.25) is 4.90 Å². The molecule has 3 nitrogen and oxygen atoms in total. The molecule has 0 amide bonds. The van der Waals surface area contributed by atoms with Crippen LogP contribution in [0.2, 0.25) is 0 Å². The van der Waals surface area contributed by atoms with E-state index in [1.165, 1.54) is 61.9 Å². The van der Waals surface area contributed by atoms with Gasteiger partial charge in [-0.25, -0.2) is 0 Å². The summed E-state index contributed by atoms with van der Waals surface area (Å²) in [6.45, 7) is 4.66. The van der Waals surface area contributed by atoms with Gasteiger partial charge in [0.05, 0.1) is 6.10 Å². The highest BCUT2D eigenvalue weighted by molar-refractivity contribution is 5.58. The van der Waals surface area contributed by atoms with Crippen molar-refractivity contribution in [3.63, 3.8) is 0 Å².